The normalized spacial score (nSPS) is 24.3. The molecule has 1 rings (SSSR count). The molecule has 0 heterocycles. The molecule has 1 aliphatic rings. The van der Waals surface area contributed by atoms with Crippen LogP contribution in [0.15, 0.2) is 11.3 Å². The number of ketones is 3. The highest BCUT2D eigenvalue weighted by atomic mass is 16.3. The number of hydrogen-bond acceptors (Lipinski definition) is 5. The van der Waals surface area contributed by atoms with Gasteiger partial charge in [-0.25, -0.2) is 0 Å². The van der Waals surface area contributed by atoms with E-state index in [0.717, 1.165) is 0 Å². The monoisotopic (exact) mass is 366 g/mol. The highest BCUT2D eigenvalue weighted by Crippen LogP contribution is 2.38. The second-order valence-corrected chi connectivity index (χ2v) is 8.79. The van der Waals surface area contributed by atoms with Gasteiger partial charge in [-0.15, -0.1) is 0 Å². The molecule has 148 valence electrons. The first-order chi connectivity index (χ1) is 11.9. The van der Waals surface area contributed by atoms with Gasteiger partial charge in [0.2, 0.25) is 0 Å². The van der Waals surface area contributed by atoms with Crippen LogP contribution in [0.5, 0.6) is 0 Å². The van der Waals surface area contributed by atoms with Crippen LogP contribution in [0, 0.1) is 23.7 Å². The quantitative estimate of drug-likeness (QED) is 0.478. The molecule has 0 fully saturated rings. The van der Waals surface area contributed by atoms with Gasteiger partial charge in [0.1, 0.15) is 11.3 Å². The van der Waals surface area contributed by atoms with Gasteiger partial charge in [0.15, 0.2) is 23.0 Å². The maximum absolute atomic E-state index is 12.9. The van der Waals surface area contributed by atoms with E-state index in [1.54, 1.807) is 0 Å². The number of Topliss-reactive ketones (excluding diaryl/α,β-unsaturated/α-hetero) is 3. The van der Waals surface area contributed by atoms with Crippen LogP contribution in [-0.4, -0.2) is 33.2 Å². The van der Waals surface area contributed by atoms with Gasteiger partial charge in [-0.1, -0.05) is 41.5 Å². The molecule has 0 bridgehead atoms. The Hall–Kier alpha value is -1.49. The Bertz CT molecular complexity index is 585. The summed E-state index contributed by atoms with van der Waals surface area (Å²) in [6, 6.07) is 0. The maximum Gasteiger partial charge on any atom is 0.182 e. The second kappa shape index (κ2) is 8.94. The Morgan fingerprint density at radius 1 is 1.00 bits per heavy atom. The predicted octanol–water partition coefficient (Wildman–Crippen LogP) is 3.79. The standard InChI is InChI=1S/C21H34O5/c1-12(2)7-8-15-18(23)17(16(22)11-14(5)6)20(25)21(26,19(15)24)10-9-13(3)4/h12-15,25-26H,7-11H2,1-6H3/t15-,21+/m1/s1. The van der Waals surface area contributed by atoms with Crippen LogP contribution < -0.4 is 0 Å². The zero-order valence-electron chi connectivity index (χ0n) is 17.0. The number of aliphatic hydroxyl groups is 2. The molecular weight excluding hydrogens is 332 g/mol. The van der Waals surface area contributed by atoms with E-state index in [9.17, 15) is 24.6 Å². The SMILES string of the molecule is CC(C)CC[C@@H]1C(=O)C(C(=O)CC(C)C)=C(O)[C@](O)(CCC(C)C)C1=O. The fourth-order valence-corrected chi connectivity index (χ4v) is 3.27. The van der Waals surface area contributed by atoms with Crippen molar-refractivity contribution in [3.05, 3.63) is 11.3 Å². The van der Waals surface area contributed by atoms with Gasteiger partial charge in [0, 0.05) is 6.42 Å². The molecule has 0 saturated carbocycles. The Labute approximate surface area is 156 Å². The first-order valence-electron chi connectivity index (χ1n) is 9.69. The molecule has 0 aromatic heterocycles. The van der Waals surface area contributed by atoms with Crippen molar-refractivity contribution in [2.45, 2.75) is 79.2 Å². The largest absolute Gasteiger partial charge is 0.508 e. The lowest BCUT2D eigenvalue weighted by Crippen LogP contribution is -2.53. The molecule has 5 nitrogen and oxygen atoms in total. The number of carbonyl (C=O) groups is 3. The molecular formula is C21H34O5. The van der Waals surface area contributed by atoms with E-state index in [4.69, 9.17) is 0 Å². The van der Waals surface area contributed by atoms with Crippen molar-refractivity contribution in [2.24, 2.45) is 23.7 Å². The molecule has 5 heteroatoms. The molecule has 0 aromatic carbocycles. The van der Waals surface area contributed by atoms with Crippen LogP contribution in [0.2, 0.25) is 0 Å². The van der Waals surface area contributed by atoms with Gasteiger partial charge >= 0.3 is 0 Å². The van der Waals surface area contributed by atoms with Crippen LogP contribution in [-0.2, 0) is 14.4 Å². The van der Waals surface area contributed by atoms with Crippen molar-refractivity contribution in [1.29, 1.82) is 0 Å². The van der Waals surface area contributed by atoms with Gasteiger partial charge in [-0.2, -0.15) is 0 Å². The highest BCUT2D eigenvalue weighted by Gasteiger charge is 2.53. The van der Waals surface area contributed by atoms with E-state index >= 15 is 0 Å². The number of aliphatic hydroxyl groups excluding tert-OH is 1. The zero-order valence-corrected chi connectivity index (χ0v) is 17.0. The lowest BCUT2D eigenvalue weighted by atomic mass is 9.70. The molecule has 0 amide bonds. The van der Waals surface area contributed by atoms with Crippen molar-refractivity contribution in [3.63, 3.8) is 0 Å². The average molecular weight is 366 g/mol. The third kappa shape index (κ3) is 5.03. The Kier molecular flexibility index (Phi) is 7.75. The van der Waals surface area contributed by atoms with E-state index in [2.05, 4.69) is 0 Å². The summed E-state index contributed by atoms with van der Waals surface area (Å²) in [4.78, 5) is 38.3. The molecule has 26 heavy (non-hydrogen) atoms. The first kappa shape index (κ1) is 22.6. The summed E-state index contributed by atoms with van der Waals surface area (Å²) in [6.45, 7) is 11.6. The molecule has 0 radical (unpaired) electrons. The van der Waals surface area contributed by atoms with Crippen molar-refractivity contribution in [2.75, 3.05) is 0 Å². The number of carbonyl (C=O) groups excluding carboxylic acids is 3. The first-order valence-corrected chi connectivity index (χ1v) is 9.69. The molecule has 1 aliphatic carbocycles. The molecule has 2 N–H and O–H groups in total. The molecule has 0 saturated heterocycles. The van der Waals surface area contributed by atoms with Crippen LogP contribution in [0.3, 0.4) is 0 Å². The fraction of sp³-hybridized carbons (Fsp3) is 0.762. The van der Waals surface area contributed by atoms with Crippen molar-refractivity contribution in [3.8, 4) is 0 Å². The van der Waals surface area contributed by atoms with Crippen molar-refractivity contribution >= 4 is 17.3 Å². The van der Waals surface area contributed by atoms with Crippen LogP contribution in [0.4, 0.5) is 0 Å². The van der Waals surface area contributed by atoms with Gasteiger partial charge in [0.25, 0.3) is 0 Å². The fourth-order valence-electron chi connectivity index (χ4n) is 3.27. The number of rotatable bonds is 9. The summed E-state index contributed by atoms with van der Waals surface area (Å²) in [7, 11) is 0. The smallest absolute Gasteiger partial charge is 0.182 e. The summed E-state index contributed by atoms with van der Waals surface area (Å²) >= 11 is 0. The lowest BCUT2D eigenvalue weighted by Gasteiger charge is -2.35. The van der Waals surface area contributed by atoms with E-state index in [1.807, 2.05) is 41.5 Å². The van der Waals surface area contributed by atoms with Crippen LogP contribution in [0.1, 0.15) is 73.6 Å². The third-order valence-corrected chi connectivity index (χ3v) is 4.90. The van der Waals surface area contributed by atoms with Gasteiger partial charge in [-0.3, -0.25) is 14.4 Å². The molecule has 0 spiro atoms. The summed E-state index contributed by atoms with van der Waals surface area (Å²) in [6.07, 6.45) is 1.53. The van der Waals surface area contributed by atoms with Crippen molar-refractivity contribution in [1.82, 2.24) is 0 Å². The predicted molar refractivity (Wildman–Crippen MR) is 101 cm³/mol. The zero-order chi connectivity index (χ0) is 20.2. The minimum absolute atomic E-state index is 0.00565. The second-order valence-electron chi connectivity index (χ2n) is 8.79. The van der Waals surface area contributed by atoms with Gasteiger partial charge in [-0.05, 0) is 43.4 Å². The number of hydrogen-bond donors (Lipinski definition) is 2. The average Bonchev–Trinajstić information content (AvgIpc) is 2.50. The summed E-state index contributed by atoms with van der Waals surface area (Å²) < 4.78 is 0. The molecule has 2 atom stereocenters. The summed E-state index contributed by atoms with van der Waals surface area (Å²) in [5.74, 6) is -3.08. The summed E-state index contributed by atoms with van der Waals surface area (Å²) in [5, 5.41) is 21.6. The van der Waals surface area contributed by atoms with Gasteiger partial charge in [0.05, 0.1) is 5.92 Å². The Morgan fingerprint density at radius 2 is 1.54 bits per heavy atom. The Morgan fingerprint density at radius 3 is 2.00 bits per heavy atom. The minimum Gasteiger partial charge on any atom is -0.508 e. The Balaban J connectivity index is 3.36. The highest BCUT2D eigenvalue weighted by molar-refractivity contribution is 6.29. The van der Waals surface area contributed by atoms with Crippen LogP contribution in [0.25, 0.3) is 0 Å². The molecule has 0 aromatic rings. The van der Waals surface area contributed by atoms with E-state index in [1.165, 1.54) is 0 Å². The van der Waals surface area contributed by atoms with E-state index in [0.29, 0.717) is 12.8 Å². The summed E-state index contributed by atoms with van der Waals surface area (Å²) in [5.41, 5.74) is -2.50. The van der Waals surface area contributed by atoms with Crippen LogP contribution >= 0.6 is 0 Å². The minimum atomic E-state index is -2.14. The number of allylic oxidation sites excluding steroid dienone is 1. The van der Waals surface area contributed by atoms with Crippen molar-refractivity contribution < 1.29 is 24.6 Å². The topological polar surface area (TPSA) is 91.7 Å². The third-order valence-electron chi connectivity index (χ3n) is 4.90. The van der Waals surface area contributed by atoms with Gasteiger partial charge < -0.3 is 10.2 Å². The molecule has 0 unspecified atom stereocenters. The van der Waals surface area contributed by atoms with E-state index < -0.39 is 34.6 Å². The molecule has 0 aliphatic heterocycles. The lowest BCUT2D eigenvalue weighted by molar-refractivity contribution is -0.149. The van der Waals surface area contributed by atoms with E-state index in [-0.39, 0.29) is 42.6 Å². The maximum atomic E-state index is 12.9.